The number of anilines is 1. The van der Waals surface area contributed by atoms with Gasteiger partial charge in [-0.2, -0.15) is 5.10 Å². The number of carbonyl (C=O) groups is 1. The first-order valence-electron chi connectivity index (χ1n) is 5.68. The highest BCUT2D eigenvalue weighted by Crippen LogP contribution is 2.19. The van der Waals surface area contributed by atoms with Gasteiger partial charge in [0.25, 0.3) is 5.91 Å². The lowest BCUT2D eigenvalue weighted by Crippen LogP contribution is -2.16. The molecule has 3 heterocycles. The fraction of sp³-hybridized carbons (Fsp3) is 0.364. The maximum Gasteiger partial charge on any atom is 0.277 e. The Morgan fingerprint density at radius 3 is 3.11 bits per heavy atom. The molecule has 18 heavy (non-hydrogen) atoms. The van der Waals surface area contributed by atoms with Gasteiger partial charge in [-0.1, -0.05) is 5.16 Å². The van der Waals surface area contributed by atoms with Crippen molar-refractivity contribution in [2.24, 2.45) is 0 Å². The van der Waals surface area contributed by atoms with Crippen LogP contribution in [0.3, 0.4) is 0 Å². The van der Waals surface area contributed by atoms with E-state index >= 15 is 0 Å². The first kappa shape index (κ1) is 10.8. The Kier molecular flexibility index (Phi) is 2.51. The van der Waals surface area contributed by atoms with E-state index < -0.39 is 0 Å². The molecule has 94 valence electrons. The van der Waals surface area contributed by atoms with Crippen LogP contribution in [0.25, 0.3) is 0 Å². The van der Waals surface area contributed by atoms with Crippen LogP contribution in [0.5, 0.6) is 5.88 Å². The van der Waals surface area contributed by atoms with Crippen LogP contribution < -0.4 is 10.1 Å². The highest BCUT2D eigenvalue weighted by Gasteiger charge is 2.18. The van der Waals surface area contributed by atoms with E-state index in [9.17, 15) is 4.79 Å². The van der Waals surface area contributed by atoms with E-state index in [2.05, 4.69) is 15.6 Å². The van der Waals surface area contributed by atoms with Crippen molar-refractivity contribution < 1.29 is 14.1 Å². The maximum absolute atomic E-state index is 11.9. The van der Waals surface area contributed by atoms with Crippen molar-refractivity contribution in [2.45, 2.75) is 19.9 Å². The van der Waals surface area contributed by atoms with Crippen LogP contribution in [0.4, 0.5) is 5.82 Å². The van der Waals surface area contributed by atoms with E-state index in [0.717, 1.165) is 13.0 Å². The molecule has 7 nitrogen and oxygen atoms in total. The Morgan fingerprint density at radius 2 is 2.39 bits per heavy atom. The van der Waals surface area contributed by atoms with Crippen LogP contribution >= 0.6 is 0 Å². The molecule has 2 aromatic heterocycles. The molecule has 0 atom stereocenters. The quantitative estimate of drug-likeness (QED) is 0.863. The first-order valence-corrected chi connectivity index (χ1v) is 5.68. The van der Waals surface area contributed by atoms with Crippen molar-refractivity contribution in [1.29, 1.82) is 0 Å². The zero-order chi connectivity index (χ0) is 12.5. The Hall–Kier alpha value is -2.31. The van der Waals surface area contributed by atoms with Gasteiger partial charge in [0.1, 0.15) is 5.76 Å². The second kappa shape index (κ2) is 4.17. The maximum atomic E-state index is 11.9. The minimum Gasteiger partial charge on any atom is -0.478 e. The number of hydrogen-bond acceptors (Lipinski definition) is 5. The zero-order valence-corrected chi connectivity index (χ0v) is 9.84. The second-order valence-corrected chi connectivity index (χ2v) is 4.07. The Balaban J connectivity index is 1.78. The monoisotopic (exact) mass is 248 g/mol. The van der Waals surface area contributed by atoms with Crippen molar-refractivity contribution >= 4 is 11.7 Å². The highest BCUT2D eigenvalue weighted by atomic mass is 16.5. The number of amides is 1. The molecule has 1 aliphatic rings. The first-order chi connectivity index (χ1) is 8.72. The second-order valence-electron chi connectivity index (χ2n) is 4.07. The summed E-state index contributed by atoms with van der Waals surface area (Å²) in [4.78, 5) is 11.9. The molecule has 7 heteroatoms. The predicted octanol–water partition coefficient (Wildman–Crippen LogP) is 1.21. The molecule has 0 spiro atoms. The van der Waals surface area contributed by atoms with Crippen LogP contribution in [0.15, 0.2) is 16.7 Å². The molecule has 3 rings (SSSR count). The number of carbonyl (C=O) groups excluding carboxylic acids is 1. The third kappa shape index (κ3) is 1.94. The highest BCUT2D eigenvalue weighted by molar-refractivity contribution is 6.02. The smallest absolute Gasteiger partial charge is 0.277 e. The van der Waals surface area contributed by atoms with Gasteiger partial charge >= 0.3 is 0 Å². The third-order valence-electron chi connectivity index (χ3n) is 2.61. The van der Waals surface area contributed by atoms with Gasteiger partial charge in [0.15, 0.2) is 11.5 Å². The molecule has 0 bridgehead atoms. The summed E-state index contributed by atoms with van der Waals surface area (Å²) in [5.41, 5.74) is 0.313. The normalized spacial score (nSPS) is 13.8. The Labute approximate surface area is 103 Å². The van der Waals surface area contributed by atoms with Gasteiger partial charge in [0.05, 0.1) is 6.61 Å². The van der Waals surface area contributed by atoms with Crippen LogP contribution in [0, 0.1) is 6.92 Å². The number of nitrogens with zero attached hydrogens (tertiary/aromatic N) is 3. The summed E-state index contributed by atoms with van der Waals surface area (Å²) >= 11 is 0. The van der Waals surface area contributed by atoms with Crippen LogP contribution in [-0.2, 0) is 6.54 Å². The molecule has 0 saturated heterocycles. The van der Waals surface area contributed by atoms with Crippen molar-refractivity contribution in [3.05, 3.63) is 23.6 Å². The summed E-state index contributed by atoms with van der Waals surface area (Å²) in [7, 11) is 0. The number of hydrogen-bond donors (Lipinski definition) is 1. The minimum absolute atomic E-state index is 0.313. The van der Waals surface area contributed by atoms with E-state index in [4.69, 9.17) is 9.26 Å². The lowest BCUT2D eigenvalue weighted by molar-refractivity contribution is 0.102. The molecular formula is C11H12N4O3. The molecule has 0 fully saturated rings. The van der Waals surface area contributed by atoms with E-state index in [0.29, 0.717) is 29.8 Å². The topological polar surface area (TPSA) is 82.2 Å². The predicted molar refractivity (Wildman–Crippen MR) is 61.5 cm³/mol. The molecule has 0 saturated carbocycles. The largest absolute Gasteiger partial charge is 0.478 e. The lowest BCUT2D eigenvalue weighted by atomic mass is 10.4. The molecule has 1 amide bonds. The van der Waals surface area contributed by atoms with Gasteiger partial charge in [-0.3, -0.25) is 4.79 Å². The van der Waals surface area contributed by atoms with Gasteiger partial charge in [0, 0.05) is 25.1 Å². The summed E-state index contributed by atoms with van der Waals surface area (Å²) in [5, 5.41) is 10.5. The van der Waals surface area contributed by atoms with E-state index in [1.54, 1.807) is 23.7 Å². The number of fused-ring (bicyclic) bond motifs is 1. The standard InChI is InChI=1S/C11H12N4O3/c1-7-5-9(14-18-7)12-11(16)8-6-10-15(13-8)3-2-4-17-10/h5-6H,2-4H2,1H3,(H,12,14,16). The molecule has 1 aliphatic heterocycles. The van der Waals surface area contributed by atoms with Gasteiger partial charge < -0.3 is 14.6 Å². The van der Waals surface area contributed by atoms with E-state index in [-0.39, 0.29) is 5.91 Å². The number of aromatic nitrogens is 3. The molecule has 1 N–H and O–H groups in total. The zero-order valence-electron chi connectivity index (χ0n) is 9.84. The van der Waals surface area contributed by atoms with Gasteiger partial charge in [-0.05, 0) is 6.92 Å². The Morgan fingerprint density at radius 1 is 1.50 bits per heavy atom. The van der Waals surface area contributed by atoms with Crippen molar-refractivity contribution in [1.82, 2.24) is 14.9 Å². The minimum atomic E-state index is -0.325. The van der Waals surface area contributed by atoms with Crippen LogP contribution in [-0.4, -0.2) is 27.5 Å². The average Bonchev–Trinajstić information content (AvgIpc) is 2.95. The number of rotatable bonds is 2. The van der Waals surface area contributed by atoms with Crippen molar-refractivity contribution in [3.8, 4) is 5.88 Å². The number of aryl methyl sites for hydroxylation is 2. The average molecular weight is 248 g/mol. The van der Waals surface area contributed by atoms with Gasteiger partial charge in [-0.25, -0.2) is 4.68 Å². The van der Waals surface area contributed by atoms with Crippen LogP contribution in [0.2, 0.25) is 0 Å². The van der Waals surface area contributed by atoms with E-state index in [1.807, 2.05) is 0 Å². The fourth-order valence-corrected chi connectivity index (χ4v) is 1.78. The Bertz CT molecular complexity index is 563. The summed E-state index contributed by atoms with van der Waals surface area (Å²) in [6.45, 7) is 3.19. The van der Waals surface area contributed by atoms with Crippen molar-refractivity contribution in [3.63, 3.8) is 0 Å². The molecule has 2 aromatic rings. The third-order valence-corrected chi connectivity index (χ3v) is 2.61. The number of nitrogens with one attached hydrogen (secondary N) is 1. The summed E-state index contributed by atoms with van der Waals surface area (Å²) in [5.74, 6) is 1.32. The molecule has 0 radical (unpaired) electrons. The molecule has 0 unspecified atom stereocenters. The molecular weight excluding hydrogens is 236 g/mol. The molecule has 0 aromatic carbocycles. The SMILES string of the molecule is Cc1cc(NC(=O)c2cc3n(n2)CCCO3)no1. The summed E-state index contributed by atoms with van der Waals surface area (Å²) < 4.78 is 11.9. The number of ether oxygens (including phenoxy) is 1. The lowest BCUT2D eigenvalue weighted by Gasteiger charge is -2.13. The van der Waals surface area contributed by atoms with Gasteiger partial charge in [-0.15, -0.1) is 0 Å². The summed E-state index contributed by atoms with van der Waals surface area (Å²) in [6, 6.07) is 3.27. The van der Waals surface area contributed by atoms with Crippen molar-refractivity contribution in [2.75, 3.05) is 11.9 Å². The fourth-order valence-electron chi connectivity index (χ4n) is 1.78. The van der Waals surface area contributed by atoms with Crippen LogP contribution in [0.1, 0.15) is 22.7 Å². The summed E-state index contributed by atoms with van der Waals surface area (Å²) in [6.07, 6.45) is 0.901. The van der Waals surface area contributed by atoms with Gasteiger partial charge in [0.2, 0.25) is 5.88 Å². The van der Waals surface area contributed by atoms with E-state index in [1.165, 1.54) is 0 Å². The molecule has 0 aliphatic carbocycles.